The number of carbonyl (C=O) groups excluding carboxylic acids is 2. The Labute approximate surface area is 147 Å². The lowest BCUT2D eigenvalue weighted by Gasteiger charge is -2.63. The molecule has 5 nitrogen and oxygen atoms in total. The van der Waals surface area contributed by atoms with Crippen molar-refractivity contribution in [3.05, 3.63) is 29.3 Å². The van der Waals surface area contributed by atoms with E-state index in [4.69, 9.17) is 4.74 Å². The Morgan fingerprint density at radius 2 is 2.08 bits per heavy atom. The van der Waals surface area contributed by atoms with Gasteiger partial charge >= 0.3 is 6.03 Å². The zero-order valence-electron chi connectivity index (χ0n) is 14.3. The van der Waals surface area contributed by atoms with E-state index in [-0.39, 0.29) is 23.3 Å². The SMILES string of the molecule is O=C(Nc1ccc2c(c1)C(=O)CCC2)N[C@@H]1[C@H]2CCO[C@@H]2C12CCC2. The summed E-state index contributed by atoms with van der Waals surface area (Å²) in [5, 5.41) is 6.14. The Morgan fingerprint density at radius 3 is 2.88 bits per heavy atom. The van der Waals surface area contributed by atoms with Crippen molar-refractivity contribution in [2.75, 3.05) is 11.9 Å². The summed E-state index contributed by atoms with van der Waals surface area (Å²) in [6.07, 6.45) is 7.43. The highest BCUT2D eigenvalue weighted by Crippen LogP contribution is 2.62. The number of nitrogens with one attached hydrogen (secondary N) is 2. The molecule has 5 rings (SSSR count). The standard InChI is InChI=1S/C20H24N2O3/c23-16-4-1-3-12-5-6-13(11-15(12)16)21-19(24)22-17-14-7-10-25-18(14)20(17)8-2-9-20/h5-6,11,14,17-18H,1-4,7-10H2,(H2,21,22,24)/t14-,17-,18+/m1/s1. The quantitative estimate of drug-likeness (QED) is 0.868. The van der Waals surface area contributed by atoms with Crippen LogP contribution >= 0.6 is 0 Å². The molecule has 2 N–H and O–H groups in total. The normalized spacial score (nSPS) is 31.5. The third kappa shape index (κ3) is 2.25. The van der Waals surface area contributed by atoms with Crippen molar-refractivity contribution in [2.45, 2.75) is 57.1 Å². The summed E-state index contributed by atoms with van der Waals surface area (Å²) in [5.74, 6) is 0.653. The molecule has 1 aromatic rings. The highest BCUT2D eigenvalue weighted by atomic mass is 16.5. The number of ketones is 1. The second kappa shape index (κ2) is 5.56. The van der Waals surface area contributed by atoms with Crippen LogP contribution in [0.2, 0.25) is 0 Å². The number of ether oxygens (including phenoxy) is 1. The maximum atomic E-state index is 12.5. The summed E-state index contributed by atoms with van der Waals surface area (Å²) in [4.78, 5) is 24.6. The molecule has 2 amide bonds. The lowest BCUT2D eigenvalue weighted by molar-refractivity contribution is -0.171. The molecule has 0 radical (unpaired) electrons. The molecule has 0 unspecified atom stereocenters. The number of Topliss-reactive ketones (excluding diaryl/α,β-unsaturated/α-hetero) is 1. The van der Waals surface area contributed by atoms with E-state index in [0.717, 1.165) is 49.8 Å². The van der Waals surface area contributed by atoms with Gasteiger partial charge in [-0.05, 0) is 49.8 Å². The van der Waals surface area contributed by atoms with Gasteiger partial charge in [0.15, 0.2) is 5.78 Å². The molecule has 0 aromatic heterocycles. The van der Waals surface area contributed by atoms with E-state index in [0.29, 0.717) is 24.1 Å². The van der Waals surface area contributed by atoms with Crippen LogP contribution in [0, 0.1) is 11.3 Å². The monoisotopic (exact) mass is 340 g/mol. The van der Waals surface area contributed by atoms with Crippen molar-refractivity contribution in [1.29, 1.82) is 0 Å². The van der Waals surface area contributed by atoms with Crippen LogP contribution in [0.3, 0.4) is 0 Å². The lowest BCUT2D eigenvalue weighted by Crippen LogP contribution is -2.72. The molecule has 3 atom stereocenters. The van der Waals surface area contributed by atoms with Gasteiger partial charge in [0.05, 0.1) is 6.10 Å². The summed E-state index contributed by atoms with van der Waals surface area (Å²) in [5.41, 5.74) is 2.75. The molecular formula is C20H24N2O3. The Bertz CT molecular complexity index is 740. The minimum atomic E-state index is -0.162. The first kappa shape index (κ1) is 15.4. The maximum absolute atomic E-state index is 12.5. The first-order valence-electron chi connectivity index (χ1n) is 9.53. The summed E-state index contributed by atoms with van der Waals surface area (Å²) < 4.78 is 5.90. The zero-order valence-corrected chi connectivity index (χ0v) is 14.3. The van der Waals surface area contributed by atoms with Gasteiger partial charge < -0.3 is 15.4 Å². The molecule has 0 bridgehead atoms. The van der Waals surface area contributed by atoms with Crippen molar-refractivity contribution in [3.63, 3.8) is 0 Å². The molecule has 1 heterocycles. The van der Waals surface area contributed by atoms with Crippen LogP contribution in [0.25, 0.3) is 0 Å². The fourth-order valence-corrected chi connectivity index (χ4v) is 5.47. The molecule has 1 spiro atoms. The molecule has 1 saturated heterocycles. The van der Waals surface area contributed by atoms with Crippen molar-refractivity contribution < 1.29 is 14.3 Å². The van der Waals surface area contributed by atoms with Crippen molar-refractivity contribution in [3.8, 4) is 0 Å². The van der Waals surface area contributed by atoms with Gasteiger partial charge in [-0.1, -0.05) is 12.5 Å². The van der Waals surface area contributed by atoms with Gasteiger partial charge in [0.1, 0.15) is 0 Å². The maximum Gasteiger partial charge on any atom is 0.319 e. The number of benzene rings is 1. The van der Waals surface area contributed by atoms with Gasteiger partial charge in [-0.3, -0.25) is 4.79 Å². The first-order valence-corrected chi connectivity index (χ1v) is 9.53. The summed E-state index contributed by atoms with van der Waals surface area (Å²) in [6, 6.07) is 5.77. The number of hydrogen-bond donors (Lipinski definition) is 2. The second-order valence-electron chi connectivity index (χ2n) is 8.06. The van der Waals surface area contributed by atoms with Gasteiger partial charge in [0.2, 0.25) is 0 Å². The molecule has 132 valence electrons. The largest absolute Gasteiger partial charge is 0.377 e. The highest BCUT2D eigenvalue weighted by molar-refractivity contribution is 6.00. The van der Waals surface area contributed by atoms with E-state index in [9.17, 15) is 9.59 Å². The van der Waals surface area contributed by atoms with E-state index in [2.05, 4.69) is 10.6 Å². The Balaban J connectivity index is 1.28. The number of rotatable bonds is 2. The molecule has 2 saturated carbocycles. The average molecular weight is 340 g/mol. The molecule has 3 fully saturated rings. The topological polar surface area (TPSA) is 67.4 Å². The van der Waals surface area contributed by atoms with Gasteiger partial charge in [0.25, 0.3) is 0 Å². The Morgan fingerprint density at radius 1 is 1.20 bits per heavy atom. The number of anilines is 1. The van der Waals surface area contributed by atoms with Crippen molar-refractivity contribution in [1.82, 2.24) is 5.32 Å². The fraction of sp³-hybridized carbons (Fsp3) is 0.600. The second-order valence-corrected chi connectivity index (χ2v) is 8.06. The van der Waals surface area contributed by atoms with E-state index >= 15 is 0 Å². The molecule has 4 aliphatic rings. The van der Waals surface area contributed by atoms with Gasteiger partial charge in [0, 0.05) is 41.7 Å². The van der Waals surface area contributed by atoms with Crippen LogP contribution in [0.15, 0.2) is 18.2 Å². The smallest absolute Gasteiger partial charge is 0.319 e. The van der Waals surface area contributed by atoms with Gasteiger partial charge in [-0.25, -0.2) is 4.79 Å². The van der Waals surface area contributed by atoms with Gasteiger partial charge in [-0.15, -0.1) is 0 Å². The predicted molar refractivity (Wildman–Crippen MR) is 93.8 cm³/mol. The molecule has 1 aromatic carbocycles. The average Bonchev–Trinajstić information content (AvgIpc) is 2.97. The molecule has 5 heteroatoms. The summed E-state index contributed by atoms with van der Waals surface area (Å²) in [7, 11) is 0. The molecule has 3 aliphatic carbocycles. The van der Waals surface area contributed by atoms with E-state index in [1.165, 1.54) is 6.42 Å². The van der Waals surface area contributed by atoms with Gasteiger partial charge in [-0.2, -0.15) is 0 Å². The summed E-state index contributed by atoms with van der Waals surface area (Å²) >= 11 is 0. The van der Waals surface area contributed by atoms with Crippen molar-refractivity contribution >= 4 is 17.5 Å². The third-order valence-electron chi connectivity index (χ3n) is 6.84. The Hall–Kier alpha value is -1.88. The molecule has 1 aliphatic heterocycles. The minimum absolute atomic E-state index is 0.162. The van der Waals surface area contributed by atoms with Crippen molar-refractivity contribution in [2.24, 2.45) is 11.3 Å². The number of carbonyl (C=O) groups is 2. The molecular weight excluding hydrogens is 316 g/mol. The summed E-state index contributed by atoms with van der Waals surface area (Å²) in [6.45, 7) is 0.823. The minimum Gasteiger partial charge on any atom is -0.377 e. The van der Waals surface area contributed by atoms with Crippen LogP contribution in [0.1, 0.15) is 54.4 Å². The number of urea groups is 1. The number of aryl methyl sites for hydroxylation is 1. The Kier molecular flexibility index (Phi) is 3.42. The highest BCUT2D eigenvalue weighted by Gasteiger charge is 2.66. The van der Waals surface area contributed by atoms with Crippen LogP contribution in [-0.2, 0) is 11.2 Å². The fourth-order valence-electron chi connectivity index (χ4n) is 5.47. The van der Waals surface area contributed by atoms with Crippen LogP contribution < -0.4 is 10.6 Å². The predicted octanol–water partition coefficient (Wildman–Crippen LogP) is 3.28. The molecule has 25 heavy (non-hydrogen) atoms. The van der Waals surface area contributed by atoms with Crippen LogP contribution in [0.4, 0.5) is 10.5 Å². The third-order valence-corrected chi connectivity index (χ3v) is 6.84. The first-order chi connectivity index (χ1) is 12.2. The van der Waals surface area contributed by atoms with Crippen LogP contribution in [-0.4, -0.2) is 30.6 Å². The number of fused-ring (bicyclic) bond motifs is 3. The number of amides is 2. The van der Waals surface area contributed by atoms with E-state index in [1.807, 2.05) is 18.2 Å². The van der Waals surface area contributed by atoms with E-state index in [1.54, 1.807) is 0 Å². The number of hydrogen-bond acceptors (Lipinski definition) is 3. The zero-order chi connectivity index (χ0) is 17.0. The van der Waals surface area contributed by atoms with E-state index < -0.39 is 0 Å². The lowest BCUT2D eigenvalue weighted by atomic mass is 9.46. The van der Waals surface area contributed by atoms with Crippen LogP contribution in [0.5, 0.6) is 0 Å².